The normalized spacial score (nSPS) is 27.7. The van der Waals surface area contributed by atoms with Crippen LogP contribution in [0.2, 0.25) is 0 Å². The van der Waals surface area contributed by atoms with Crippen molar-refractivity contribution in [1.82, 2.24) is 24.7 Å². The Morgan fingerprint density at radius 1 is 1.18 bits per heavy atom. The van der Waals surface area contributed by atoms with E-state index in [9.17, 15) is 14.4 Å². The zero-order chi connectivity index (χ0) is 19.4. The first-order chi connectivity index (χ1) is 13.5. The summed E-state index contributed by atoms with van der Waals surface area (Å²) in [6, 6.07) is 6.73. The van der Waals surface area contributed by atoms with Gasteiger partial charge in [-0.15, -0.1) is 0 Å². The number of aromatic nitrogens is 2. The van der Waals surface area contributed by atoms with Gasteiger partial charge >= 0.3 is 5.69 Å². The molecule has 4 heterocycles. The van der Waals surface area contributed by atoms with Gasteiger partial charge in [0.15, 0.2) is 0 Å². The van der Waals surface area contributed by atoms with E-state index >= 15 is 0 Å². The van der Waals surface area contributed by atoms with Gasteiger partial charge in [-0.2, -0.15) is 0 Å². The fourth-order valence-corrected chi connectivity index (χ4v) is 4.99. The molecule has 3 atom stereocenters. The van der Waals surface area contributed by atoms with Crippen LogP contribution in [0, 0.1) is 0 Å². The Morgan fingerprint density at radius 3 is 2.75 bits per heavy atom. The Kier molecular flexibility index (Phi) is 4.13. The molecule has 3 aliphatic rings. The first-order valence-electron chi connectivity index (χ1n) is 10.0. The number of rotatable bonds is 4. The molecule has 2 amide bonds. The van der Waals surface area contributed by atoms with Gasteiger partial charge in [0.05, 0.1) is 11.0 Å². The third-order valence-electron chi connectivity index (χ3n) is 6.53. The molecule has 1 aromatic heterocycles. The topological polar surface area (TPSA) is 88.4 Å². The van der Waals surface area contributed by atoms with E-state index in [1.165, 1.54) is 16.6 Å². The quantitative estimate of drug-likeness (QED) is 0.721. The summed E-state index contributed by atoms with van der Waals surface area (Å²) in [6.45, 7) is 3.24. The Hall–Kier alpha value is -2.45. The number of nitrogens with zero attached hydrogens (tertiary/aromatic N) is 3. The smallest absolute Gasteiger partial charge is 0.311 e. The van der Waals surface area contributed by atoms with Crippen molar-refractivity contribution in [2.75, 3.05) is 19.6 Å². The predicted octanol–water partition coefficient (Wildman–Crippen LogP) is -0.0937. The third-order valence-corrected chi connectivity index (χ3v) is 6.53. The Balaban J connectivity index is 1.41. The maximum atomic E-state index is 12.8. The number of aryl methyl sites for hydroxylation is 1. The van der Waals surface area contributed by atoms with Gasteiger partial charge < -0.3 is 5.32 Å². The minimum Gasteiger partial charge on any atom is -0.311 e. The molecule has 8 heteroatoms. The van der Waals surface area contributed by atoms with Crippen LogP contribution < -0.4 is 16.3 Å². The summed E-state index contributed by atoms with van der Waals surface area (Å²) in [5.41, 5.74) is 2.55. The van der Waals surface area contributed by atoms with Crippen LogP contribution in [0.1, 0.15) is 30.9 Å². The molecule has 3 unspecified atom stereocenters. The number of carbonyl (C=O) groups excluding carboxylic acids is 2. The zero-order valence-electron chi connectivity index (χ0n) is 16.0. The van der Waals surface area contributed by atoms with E-state index in [2.05, 4.69) is 27.7 Å². The first kappa shape index (κ1) is 17.6. The van der Waals surface area contributed by atoms with E-state index in [4.69, 9.17) is 0 Å². The predicted molar refractivity (Wildman–Crippen MR) is 104 cm³/mol. The Bertz CT molecular complexity index is 1020. The molecule has 2 aromatic rings. The highest BCUT2D eigenvalue weighted by molar-refractivity contribution is 6.00. The molecular weight excluding hydrogens is 358 g/mol. The lowest BCUT2D eigenvalue weighted by atomic mass is 10.1. The van der Waals surface area contributed by atoms with Crippen molar-refractivity contribution >= 4 is 22.8 Å². The lowest BCUT2D eigenvalue weighted by Crippen LogP contribution is -2.44. The first-order valence-corrected chi connectivity index (χ1v) is 10.0. The van der Waals surface area contributed by atoms with Crippen molar-refractivity contribution in [3.05, 3.63) is 34.2 Å². The minimum atomic E-state index is -0.632. The molecule has 8 nitrogen and oxygen atoms in total. The summed E-state index contributed by atoms with van der Waals surface area (Å²) in [5, 5.41) is 5.87. The lowest BCUT2D eigenvalue weighted by Gasteiger charge is -2.27. The number of piperazine rings is 1. The molecule has 28 heavy (non-hydrogen) atoms. The van der Waals surface area contributed by atoms with Crippen LogP contribution in [0.4, 0.5) is 0 Å². The second-order valence-corrected chi connectivity index (χ2v) is 8.24. The van der Waals surface area contributed by atoms with Crippen molar-refractivity contribution < 1.29 is 9.59 Å². The van der Waals surface area contributed by atoms with Crippen LogP contribution in [0.5, 0.6) is 0 Å². The highest BCUT2D eigenvalue weighted by Crippen LogP contribution is 2.25. The Morgan fingerprint density at radius 2 is 2.04 bits per heavy atom. The number of benzene rings is 1. The van der Waals surface area contributed by atoms with Gasteiger partial charge in [-0.3, -0.25) is 28.9 Å². The van der Waals surface area contributed by atoms with Crippen LogP contribution in [-0.4, -0.2) is 57.6 Å². The molecular formula is C20H25N5O3. The van der Waals surface area contributed by atoms with Gasteiger partial charge in [0.1, 0.15) is 6.04 Å². The number of hydrogen-bond donors (Lipinski definition) is 2. The average Bonchev–Trinajstić information content (AvgIpc) is 3.36. The number of carbonyl (C=O) groups is 2. The van der Waals surface area contributed by atoms with Crippen LogP contribution in [-0.2, 0) is 23.1 Å². The SMILES string of the molecule is Cn1c(=O)n(C2CCC(=O)NC2=O)c2ccc(CCN3CC4CC3CN4)cc21. The summed E-state index contributed by atoms with van der Waals surface area (Å²) in [6.07, 6.45) is 2.81. The van der Waals surface area contributed by atoms with Gasteiger partial charge in [0.25, 0.3) is 0 Å². The molecule has 5 rings (SSSR count). The van der Waals surface area contributed by atoms with Gasteiger partial charge in [-0.1, -0.05) is 6.07 Å². The number of imide groups is 1. The van der Waals surface area contributed by atoms with Gasteiger partial charge in [-0.05, 0) is 37.0 Å². The molecule has 0 radical (unpaired) electrons. The van der Waals surface area contributed by atoms with E-state index in [0.29, 0.717) is 18.5 Å². The van der Waals surface area contributed by atoms with E-state index < -0.39 is 11.9 Å². The zero-order valence-corrected chi connectivity index (χ0v) is 16.0. The monoisotopic (exact) mass is 383 g/mol. The maximum Gasteiger partial charge on any atom is 0.329 e. The summed E-state index contributed by atoms with van der Waals surface area (Å²) in [5.74, 6) is -0.671. The Labute approximate surface area is 162 Å². The maximum absolute atomic E-state index is 12.8. The van der Waals surface area contributed by atoms with Gasteiger partial charge in [0, 0.05) is 45.2 Å². The summed E-state index contributed by atoms with van der Waals surface area (Å²) in [4.78, 5) is 39.1. The lowest BCUT2D eigenvalue weighted by molar-refractivity contribution is -0.135. The van der Waals surface area contributed by atoms with Gasteiger partial charge in [0.2, 0.25) is 11.8 Å². The summed E-state index contributed by atoms with van der Waals surface area (Å²) < 4.78 is 3.14. The number of fused-ring (bicyclic) bond motifs is 3. The number of amides is 2. The molecule has 0 saturated carbocycles. The van der Waals surface area contributed by atoms with Crippen molar-refractivity contribution in [2.45, 2.75) is 43.8 Å². The number of nitrogens with one attached hydrogen (secondary N) is 2. The third kappa shape index (κ3) is 2.79. The van der Waals surface area contributed by atoms with Crippen molar-refractivity contribution in [3.8, 4) is 0 Å². The number of piperidine rings is 1. The molecule has 0 spiro atoms. The fraction of sp³-hybridized carbons (Fsp3) is 0.550. The molecule has 2 N–H and O–H groups in total. The molecule has 3 fully saturated rings. The average molecular weight is 383 g/mol. The molecule has 3 aliphatic heterocycles. The van der Waals surface area contributed by atoms with Crippen LogP contribution in [0.25, 0.3) is 11.0 Å². The second kappa shape index (κ2) is 6.56. The van der Waals surface area contributed by atoms with Gasteiger partial charge in [-0.25, -0.2) is 4.79 Å². The molecule has 148 valence electrons. The van der Waals surface area contributed by atoms with Crippen LogP contribution >= 0.6 is 0 Å². The second-order valence-electron chi connectivity index (χ2n) is 8.24. The van der Waals surface area contributed by atoms with Crippen LogP contribution in [0.3, 0.4) is 0 Å². The highest BCUT2D eigenvalue weighted by Gasteiger charge is 2.37. The molecule has 0 aliphatic carbocycles. The standard InChI is InChI=1S/C20H25N5O3/c1-23-17-8-12(6-7-24-11-13-9-14(24)10-21-13)2-3-15(17)25(20(23)28)16-4-5-18(26)22-19(16)27/h2-3,8,13-14,16,21H,4-7,9-11H2,1H3,(H,22,26,27). The van der Waals surface area contributed by atoms with E-state index in [1.54, 1.807) is 11.6 Å². The van der Waals surface area contributed by atoms with Crippen molar-refractivity contribution in [1.29, 1.82) is 0 Å². The van der Waals surface area contributed by atoms with Crippen molar-refractivity contribution in [2.24, 2.45) is 7.05 Å². The minimum absolute atomic E-state index is 0.218. The highest BCUT2D eigenvalue weighted by atomic mass is 16.2. The summed E-state index contributed by atoms with van der Waals surface area (Å²) in [7, 11) is 1.74. The van der Waals surface area contributed by atoms with Crippen LogP contribution in [0.15, 0.2) is 23.0 Å². The molecule has 1 aromatic carbocycles. The van der Waals surface area contributed by atoms with E-state index in [0.717, 1.165) is 37.1 Å². The molecule has 3 saturated heterocycles. The van der Waals surface area contributed by atoms with E-state index in [-0.39, 0.29) is 18.0 Å². The number of hydrogen-bond acceptors (Lipinski definition) is 5. The van der Waals surface area contributed by atoms with Crippen molar-refractivity contribution in [3.63, 3.8) is 0 Å². The number of imidazole rings is 1. The summed E-state index contributed by atoms with van der Waals surface area (Å²) >= 11 is 0. The fourth-order valence-electron chi connectivity index (χ4n) is 4.99. The van der Waals surface area contributed by atoms with E-state index in [1.807, 2.05) is 6.07 Å². The number of likely N-dealkylation sites (tertiary alicyclic amines) is 1. The largest absolute Gasteiger partial charge is 0.329 e. The molecule has 2 bridgehead atoms.